The average Bonchev–Trinajstić information content (AvgIpc) is 2.68. The van der Waals surface area contributed by atoms with Gasteiger partial charge in [0.2, 0.25) is 12.6 Å². The van der Waals surface area contributed by atoms with Gasteiger partial charge in [0.15, 0.2) is 12.2 Å². The van der Waals surface area contributed by atoms with Crippen molar-refractivity contribution in [3.8, 4) is 11.5 Å². The second-order valence-corrected chi connectivity index (χ2v) is 5.76. The summed E-state index contributed by atoms with van der Waals surface area (Å²) in [7, 11) is 0. The van der Waals surface area contributed by atoms with Crippen LogP contribution >= 0.6 is 0 Å². The maximum Gasteiger partial charge on any atom is 0.341 e. The smallest absolute Gasteiger partial charge is 0.341 e. The third kappa shape index (κ3) is 6.57. The zero-order valence-corrected chi connectivity index (χ0v) is 15.4. The molecule has 8 heteroatoms. The Morgan fingerprint density at radius 1 is 0.679 bits per heavy atom. The predicted molar refractivity (Wildman–Crippen MR) is 97.3 cm³/mol. The molecule has 0 saturated carbocycles. The van der Waals surface area contributed by atoms with Crippen molar-refractivity contribution in [1.82, 2.24) is 0 Å². The number of esters is 2. The molecule has 0 saturated heterocycles. The average molecular weight is 390 g/mol. The fraction of sp³-hybridized carbons (Fsp3) is 0.300. The highest BCUT2D eigenvalue weighted by atomic mass is 16.7. The molecule has 0 aliphatic rings. The molecule has 28 heavy (non-hydrogen) atoms. The number of hydrogen-bond donors (Lipinski definition) is 2. The number of aliphatic hydroxyl groups is 2. The number of carbonyl (C=O) groups excluding carboxylic acids is 2. The van der Waals surface area contributed by atoms with E-state index in [4.69, 9.17) is 18.9 Å². The van der Waals surface area contributed by atoms with Gasteiger partial charge in [0, 0.05) is 13.8 Å². The molecule has 4 unspecified atom stereocenters. The molecule has 2 N–H and O–H groups in total. The Morgan fingerprint density at radius 3 is 1.32 bits per heavy atom. The largest absolute Gasteiger partial charge is 0.455 e. The number of para-hydroxylation sites is 2. The van der Waals surface area contributed by atoms with Gasteiger partial charge in [-0.1, -0.05) is 36.4 Å². The van der Waals surface area contributed by atoms with Crippen LogP contribution in [0.5, 0.6) is 11.5 Å². The minimum Gasteiger partial charge on any atom is -0.455 e. The van der Waals surface area contributed by atoms with Gasteiger partial charge in [0.1, 0.15) is 11.5 Å². The molecule has 8 nitrogen and oxygen atoms in total. The maximum absolute atomic E-state index is 11.9. The van der Waals surface area contributed by atoms with Gasteiger partial charge in [0.25, 0.3) is 0 Å². The van der Waals surface area contributed by atoms with E-state index >= 15 is 0 Å². The fourth-order valence-corrected chi connectivity index (χ4v) is 2.15. The molecular weight excluding hydrogens is 368 g/mol. The molecule has 0 amide bonds. The lowest BCUT2D eigenvalue weighted by Gasteiger charge is -2.21. The van der Waals surface area contributed by atoms with E-state index in [1.54, 1.807) is 60.7 Å². The summed E-state index contributed by atoms with van der Waals surface area (Å²) in [4.78, 5) is 23.8. The lowest BCUT2D eigenvalue weighted by molar-refractivity contribution is -0.190. The van der Waals surface area contributed by atoms with Crippen molar-refractivity contribution in [2.75, 3.05) is 0 Å². The molecule has 0 bridgehead atoms. The van der Waals surface area contributed by atoms with Crippen LogP contribution in [0.3, 0.4) is 0 Å². The van der Waals surface area contributed by atoms with Crippen molar-refractivity contribution in [3.05, 3.63) is 60.7 Å². The number of aliphatic hydroxyl groups excluding tert-OH is 2. The van der Waals surface area contributed by atoms with Gasteiger partial charge < -0.3 is 29.2 Å². The van der Waals surface area contributed by atoms with E-state index in [1.807, 2.05) is 0 Å². The van der Waals surface area contributed by atoms with Gasteiger partial charge in [-0.05, 0) is 24.3 Å². The number of rotatable bonds is 9. The Labute approximate surface area is 162 Å². The summed E-state index contributed by atoms with van der Waals surface area (Å²) in [5.41, 5.74) is 0. The van der Waals surface area contributed by atoms with Crippen LogP contribution < -0.4 is 9.47 Å². The number of carbonyl (C=O) groups is 2. The third-order valence-electron chi connectivity index (χ3n) is 3.44. The summed E-state index contributed by atoms with van der Waals surface area (Å²) in [5.74, 6) is -1.57. The van der Waals surface area contributed by atoms with Gasteiger partial charge in [-0.15, -0.1) is 0 Å². The summed E-state index contributed by atoms with van der Waals surface area (Å²) in [5, 5.41) is 19.7. The molecule has 0 radical (unpaired) electrons. The first kappa shape index (κ1) is 21.2. The van der Waals surface area contributed by atoms with Crippen LogP contribution in [0.2, 0.25) is 0 Å². The van der Waals surface area contributed by atoms with Gasteiger partial charge in [-0.25, -0.2) is 9.59 Å². The summed E-state index contributed by atoms with van der Waals surface area (Å²) in [6.45, 7) is 2.86. The fourth-order valence-electron chi connectivity index (χ4n) is 2.15. The highest BCUT2D eigenvalue weighted by molar-refractivity contribution is 5.85. The molecule has 2 rings (SSSR count). The van der Waals surface area contributed by atoms with Gasteiger partial charge in [-0.3, -0.25) is 0 Å². The topological polar surface area (TPSA) is 112 Å². The van der Waals surface area contributed by atoms with Crippen molar-refractivity contribution in [3.63, 3.8) is 0 Å². The molecule has 0 heterocycles. The van der Waals surface area contributed by atoms with Crippen LogP contribution in [-0.4, -0.2) is 46.9 Å². The summed E-state index contributed by atoms with van der Waals surface area (Å²) in [6, 6.07) is 17.1. The molecule has 2 aromatic rings. The minimum absolute atomic E-state index is 0.448. The van der Waals surface area contributed by atoms with Crippen molar-refractivity contribution in [1.29, 1.82) is 0 Å². The minimum atomic E-state index is -2.14. The number of hydrogen-bond acceptors (Lipinski definition) is 8. The standard InChI is InChI=1S/C20H22O8/c1-13(25-15-9-5-3-6-10-15)27-19(23)17(21)18(22)20(24)28-14(2)26-16-11-7-4-8-12-16/h3-14,17-18,21-22H,1-2H3. The van der Waals surface area contributed by atoms with E-state index in [2.05, 4.69) is 0 Å². The van der Waals surface area contributed by atoms with E-state index in [9.17, 15) is 19.8 Å². The molecule has 0 spiro atoms. The Hall–Kier alpha value is -3.10. The first-order chi connectivity index (χ1) is 13.4. The summed E-state index contributed by atoms with van der Waals surface area (Å²) in [6.07, 6.45) is -6.38. The highest BCUT2D eigenvalue weighted by Crippen LogP contribution is 2.14. The van der Waals surface area contributed by atoms with Crippen molar-refractivity contribution < 1.29 is 38.7 Å². The Kier molecular flexibility index (Phi) is 7.79. The molecule has 4 atom stereocenters. The van der Waals surface area contributed by atoms with Crippen LogP contribution in [0.4, 0.5) is 0 Å². The predicted octanol–water partition coefficient (Wildman–Crippen LogP) is 1.64. The van der Waals surface area contributed by atoms with Crippen LogP contribution in [0, 0.1) is 0 Å². The van der Waals surface area contributed by atoms with Crippen LogP contribution in [0.25, 0.3) is 0 Å². The first-order valence-electron chi connectivity index (χ1n) is 8.57. The Balaban J connectivity index is 1.81. The molecule has 150 valence electrons. The van der Waals surface area contributed by atoms with Crippen molar-refractivity contribution in [2.24, 2.45) is 0 Å². The van der Waals surface area contributed by atoms with E-state index in [0.29, 0.717) is 11.5 Å². The van der Waals surface area contributed by atoms with Crippen LogP contribution in [0.1, 0.15) is 13.8 Å². The summed E-state index contributed by atoms with van der Waals surface area (Å²) < 4.78 is 20.4. The molecule has 0 aromatic heterocycles. The zero-order valence-electron chi connectivity index (χ0n) is 15.4. The molecule has 0 fully saturated rings. The van der Waals surface area contributed by atoms with E-state index < -0.39 is 36.7 Å². The van der Waals surface area contributed by atoms with Gasteiger partial charge in [0.05, 0.1) is 0 Å². The SMILES string of the molecule is CC(OC(=O)C(O)C(O)C(=O)OC(C)Oc1ccccc1)Oc1ccccc1. The zero-order chi connectivity index (χ0) is 20.5. The number of ether oxygens (including phenoxy) is 4. The van der Waals surface area contributed by atoms with E-state index in [-0.39, 0.29) is 0 Å². The van der Waals surface area contributed by atoms with Crippen LogP contribution in [-0.2, 0) is 19.1 Å². The monoisotopic (exact) mass is 390 g/mol. The lowest BCUT2D eigenvalue weighted by atomic mass is 10.2. The lowest BCUT2D eigenvalue weighted by Crippen LogP contribution is -2.44. The highest BCUT2D eigenvalue weighted by Gasteiger charge is 2.35. The third-order valence-corrected chi connectivity index (χ3v) is 3.44. The molecule has 0 aliphatic heterocycles. The Morgan fingerprint density at radius 2 is 1.00 bits per heavy atom. The van der Waals surface area contributed by atoms with Crippen LogP contribution in [0.15, 0.2) is 60.7 Å². The second kappa shape index (κ2) is 10.3. The normalized spacial score (nSPS) is 14.9. The molecular formula is C20H22O8. The second-order valence-electron chi connectivity index (χ2n) is 5.76. The van der Waals surface area contributed by atoms with E-state index in [0.717, 1.165) is 0 Å². The van der Waals surface area contributed by atoms with Crippen molar-refractivity contribution >= 4 is 11.9 Å². The molecule has 0 aliphatic carbocycles. The van der Waals surface area contributed by atoms with Crippen molar-refractivity contribution in [2.45, 2.75) is 38.6 Å². The maximum atomic E-state index is 11.9. The Bertz CT molecular complexity index is 684. The van der Waals surface area contributed by atoms with Gasteiger partial charge in [-0.2, -0.15) is 0 Å². The van der Waals surface area contributed by atoms with E-state index in [1.165, 1.54) is 13.8 Å². The first-order valence-corrected chi connectivity index (χ1v) is 8.57. The number of benzene rings is 2. The summed E-state index contributed by atoms with van der Waals surface area (Å²) >= 11 is 0. The quantitative estimate of drug-likeness (QED) is 0.491. The van der Waals surface area contributed by atoms with Gasteiger partial charge >= 0.3 is 11.9 Å². The molecule has 2 aromatic carbocycles.